The molecule has 2 aliphatic heterocycles. The minimum Gasteiger partial charge on any atom is -0.273 e. The molecule has 26 heavy (non-hydrogen) atoms. The van der Waals surface area contributed by atoms with Gasteiger partial charge in [-0.2, -0.15) is 5.01 Å². The van der Waals surface area contributed by atoms with Crippen LogP contribution in [0.25, 0.3) is 6.08 Å². The standard InChI is InChI=1S/C23H24N2O/c1-15-9-10-17-13-19-20(12-16-7-5-4-6-8-16)24-21(26)14-23(2,3)25(24)22(19)18(17)11-15/h4-12,19,22H,13-14H2,1-3H3/b20-12+. The topological polar surface area (TPSA) is 23.6 Å². The van der Waals surface area contributed by atoms with Gasteiger partial charge in [-0.1, -0.05) is 54.1 Å². The summed E-state index contributed by atoms with van der Waals surface area (Å²) >= 11 is 0. The van der Waals surface area contributed by atoms with Crippen molar-refractivity contribution in [2.75, 3.05) is 0 Å². The highest BCUT2D eigenvalue weighted by molar-refractivity contribution is 5.83. The molecule has 2 saturated heterocycles. The molecular weight excluding hydrogens is 320 g/mol. The lowest BCUT2D eigenvalue weighted by Crippen LogP contribution is -2.43. The van der Waals surface area contributed by atoms with Gasteiger partial charge in [-0.25, -0.2) is 5.01 Å². The molecule has 2 heterocycles. The van der Waals surface area contributed by atoms with E-state index in [0.717, 1.165) is 17.7 Å². The SMILES string of the molecule is Cc1ccc2c(c1)C1C(C2)/C(=C\c2ccccc2)N2C(=O)CC(C)(C)N12. The highest BCUT2D eigenvalue weighted by Crippen LogP contribution is 2.57. The molecule has 1 amide bonds. The summed E-state index contributed by atoms with van der Waals surface area (Å²) < 4.78 is 0. The maximum absolute atomic E-state index is 12.9. The summed E-state index contributed by atoms with van der Waals surface area (Å²) in [6, 6.07) is 17.4. The van der Waals surface area contributed by atoms with Crippen molar-refractivity contribution in [1.29, 1.82) is 0 Å². The van der Waals surface area contributed by atoms with E-state index in [-0.39, 0.29) is 17.5 Å². The Morgan fingerprint density at radius 2 is 1.88 bits per heavy atom. The fraction of sp³-hybridized carbons (Fsp3) is 0.348. The molecule has 0 spiro atoms. The predicted octanol–water partition coefficient (Wildman–Crippen LogP) is 4.49. The van der Waals surface area contributed by atoms with E-state index in [9.17, 15) is 4.79 Å². The number of carbonyl (C=O) groups is 1. The maximum atomic E-state index is 12.9. The largest absolute Gasteiger partial charge is 0.273 e. The van der Waals surface area contributed by atoms with Crippen molar-refractivity contribution in [1.82, 2.24) is 10.0 Å². The van der Waals surface area contributed by atoms with E-state index < -0.39 is 0 Å². The van der Waals surface area contributed by atoms with Crippen LogP contribution in [0.1, 0.15) is 48.6 Å². The van der Waals surface area contributed by atoms with Gasteiger partial charge in [0.25, 0.3) is 0 Å². The first-order valence-corrected chi connectivity index (χ1v) is 9.44. The van der Waals surface area contributed by atoms with E-state index in [1.54, 1.807) is 0 Å². The minimum absolute atomic E-state index is 0.155. The van der Waals surface area contributed by atoms with Gasteiger partial charge in [-0.15, -0.1) is 0 Å². The van der Waals surface area contributed by atoms with E-state index in [1.807, 2.05) is 11.1 Å². The number of hydrazine groups is 1. The number of carbonyl (C=O) groups excluding carboxylic acids is 1. The molecule has 2 fully saturated rings. The summed E-state index contributed by atoms with van der Waals surface area (Å²) in [6.07, 6.45) is 3.80. The van der Waals surface area contributed by atoms with Crippen molar-refractivity contribution in [3.8, 4) is 0 Å². The van der Waals surface area contributed by atoms with Gasteiger partial charge in [0.2, 0.25) is 5.91 Å². The summed E-state index contributed by atoms with van der Waals surface area (Å²) in [4.78, 5) is 12.9. The Kier molecular flexibility index (Phi) is 3.23. The van der Waals surface area contributed by atoms with Crippen LogP contribution in [-0.2, 0) is 11.2 Å². The van der Waals surface area contributed by atoms with Crippen LogP contribution in [-0.4, -0.2) is 21.5 Å². The van der Waals surface area contributed by atoms with Gasteiger partial charge in [0, 0.05) is 23.6 Å². The van der Waals surface area contributed by atoms with E-state index in [4.69, 9.17) is 0 Å². The molecule has 0 N–H and O–H groups in total. The third-order valence-electron chi connectivity index (χ3n) is 6.10. The molecular formula is C23H24N2O. The smallest absolute Gasteiger partial charge is 0.243 e. The number of rotatable bonds is 1. The molecule has 2 aromatic carbocycles. The lowest BCUT2D eigenvalue weighted by molar-refractivity contribution is -0.134. The predicted molar refractivity (Wildman–Crippen MR) is 103 cm³/mol. The monoisotopic (exact) mass is 344 g/mol. The van der Waals surface area contributed by atoms with Crippen molar-refractivity contribution < 1.29 is 4.79 Å². The number of nitrogens with zero attached hydrogens (tertiary/aromatic N) is 2. The first kappa shape index (κ1) is 15.8. The van der Waals surface area contributed by atoms with Crippen molar-refractivity contribution in [2.45, 2.75) is 45.2 Å². The number of hydrogen-bond acceptors (Lipinski definition) is 2. The molecule has 2 aromatic rings. The zero-order valence-corrected chi connectivity index (χ0v) is 15.6. The van der Waals surface area contributed by atoms with E-state index >= 15 is 0 Å². The Hall–Kier alpha value is -2.39. The fourth-order valence-electron chi connectivity index (χ4n) is 5.04. The van der Waals surface area contributed by atoms with Gasteiger partial charge in [-0.05, 0) is 50.0 Å². The van der Waals surface area contributed by atoms with Gasteiger partial charge < -0.3 is 0 Å². The number of hydrogen-bond donors (Lipinski definition) is 0. The van der Waals surface area contributed by atoms with E-state index in [1.165, 1.54) is 16.7 Å². The lowest BCUT2D eigenvalue weighted by Gasteiger charge is -2.35. The molecule has 3 aliphatic rings. The fourth-order valence-corrected chi connectivity index (χ4v) is 5.04. The zero-order chi connectivity index (χ0) is 18.1. The van der Waals surface area contributed by atoms with Crippen LogP contribution in [0.4, 0.5) is 0 Å². The second-order valence-electron chi connectivity index (χ2n) is 8.48. The number of aryl methyl sites for hydroxylation is 1. The van der Waals surface area contributed by atoms with Gasteiger partial charge in [0.05, 0.1) is 6.04 Å². The molecule has 3 heteroatoms. The second kappa shape index (κ2) is 5.31. The molecule has 0 aromatic heterocycles. The molecule has 3 nitrogen and oxygen atoms in total. The number of benzene rings is 2. The van der Waals surface area contributed by atoms with Crippen LogP contribution in [0.2, 0.25) is 0 Å². The quantitative estimate of drug-likeness (QED) is 0.761. The Labute approximate surface area is 154 Å². The summed E-state index contributed by atoms with van der Waals surface area (Å²) in [5.41, 5.74) is 6.29. The van der Waals surface area contributed by atoms with Gasteiger partial charge in [0.15, 0.2) is 0 Å². The first-order valence-electron chi connectivity index (χ1n) is 9.44. The normalized spacial score (nSPS) is 27.7. The highest BCUT2D eigenvalue weighted by Gasteiger charge is 2.59. The molecule has 132 valence electrons. The molecule has 2 atom stereocenters. The molecule has 5 rings (SSSR count). The number of amides is 1. The van der Waals surface area contributed by atoms with Crippen LogP contribution in [0.5, 0.6) is 0 Å². The Bertz CT molecular complexity index is 928. The van der Waals surface area contributed by atoms with Crippen LogP contribution >= 0.6 is 0 Å². The first-order chi connectivity index (χ1) is 12.5. The van der Waals surface area contributed by atoms with Gasteiger partial charge >= 0.3 is 0 Å². The third-order valence-corrected chi connectivity index (χ3v) is 6.10. The van der Waals surface area contributed by atoms with Crippen LogP contribution < -0.4 is 0 Å². The second-order valence-corrected chi connectivity index (χ2v) is 8.48. The summed E-state index contributed by atoms with van der Waals surface area (Å²) in [6.45, 7) is 6.55. The van der Waals surface area contributed by atoms with Crippen LogP contribution in [0, 0.1) is 12.8 Å². The van der Waals surface area contributed by atoms with E-state index in [0.29, 0.717) is 12.3 Å². The van der Waals surface area contributed by atoms with Crippen molar-refractivity contribution >= 4 is 12.0 Å². The molecule has 0 saturated carbocycles. The van der Waals surface area contributed by atoms with Gasteiger partial charge in [0.1, 0.15) is 0 Å². The summed E-state index contributed by atoms with van der Waals surface area (Å²) in [7, 11) is 0. The molecule has 2 unspecified atom stereocenters. The third kappa shape index (κ3) is 2.13. The molecule has 1 aliphatic carbocycles. The zero-order valence-electron chi connectivity index (χ0n) is 15.6. The summed E-state index contributed by atoms with van der Waals surface area (Å²) in [5.74, 6) is 0.566. The van der Waals surface area contributed by atoms with Crippen molar-refractivity contribution in [2.24, 2.45) is 5.92 Å². The number of fused-ring (bicyclic) bond motifs is 5. The highest BCUT2D eigenvalue weighted by atomic mass is 16.2. The Balaban J connectivity index is 1.69. The average molecular weight is 344 g/mol. The maximum Gasteiger partial charge on any atom is 0.243 e. The van der Waals surface area contributed by atoms with Crippen LogP contribution in [0.15, 0.2) is 54.2 Å². The average Bonchev–Trinajstić information content (AvgIpc) is 3.18. The minimum atomic E-state index is -0.155. The van der Waals surface area contributed by atoms with Crippen molar-refractivity contribution in [3.63, 3.8) is 0 Å². The van der Waals surface area contributed by atoms with Crippen LogP contribution in [0.3, 0.4) is 0 Å². The Morgan fingerprint density at radius 1 is 1.12 bits per heavy atom. The molecule has 0 radical (unpaired) electrons. The summed E-state index contributed by atoms with van der Waals surface area (Å²) in [5, 5.41) is 4.35. The Morgan fingerprint density at radius 3 is 2.65 bits per heavy atom. The molecule has 0 bridgehead atoms. The van der Waals surface area contributed by atoms with Gasteiger partial charge in [-0.3, -0.25) is 4.79 Å². The van der Waals surface area contributed by atoms with E-state index in [2.05, 4.69) is 74.3 Å². The lowest BCUT2D eigenvalue weighted by atomic mass is 9.92. The van der Waals surface area contributed by atoms with Crippen molar-refractivity contribution in [3.05, 3.63) is 76.5 Å².